The predicted octanol–water partition coefficient (Wildman–Crippen LogP) is 4.93. The molecule has 0 aliphatic heterocycles. The fraction of sp³-hybridized carbons (Fsp3) is 0.300. The zero-order chi connectivity index (χ0) is 18.7. The van der Waals surface area contributed by atoms with Crippen molar-refractivity contribution in [2.75, 3.05) is 6.54 Å². The van der Waals surface area contributed by atoms with Crippen molar-refractivity contribution in [1.82, 2.24) is 9.55 Å². The Kier molecular flexibility index (Phi) is 4.92. The van der Waals surface area contributed by atoms with Crippen LogP contribution in [0.15, 0.2) is 35.4 Å². The molecule has 0 radical (unpaired) electrons. The van der Waals surface area contributed by atoms with Crippen LogP contribution >= 0.6 is 0 Å². The minimum absolute atomic E-state index is 0.458. The first-order chi connectivity index (χ1) is 12.6. The van der Waals surface area contributed by atoms with Crippen LogP contribution in [0.2, 0.25) is 0 Å². The first kappa shape index (κ1) is 17.5. The van der Waals surface area contributed by atoms with Gasteiger partial charge >= 0.3 is 0 Å². The number of aromatic nitrogens is 2. The quantitative estimate of drug-likeness (QED) is 0.373. The van der Waals surface area contributed by atoms with E-state index in [1.807, 2.05) is 19.9 Å². The van der Waals surface area contributed by atoms with Gasteiger partial charge in [-0.05, 0) is 60.7 Å². The molecule has 130 valence electrons. The third kappa shape index (κ3) is 3.01. The molecule has 0 unspecified atom stereocenters. The molecular formula is C20H20N6. The highest BCUT2D eigenvalue weighted by molar-refractivity contribution is 5.85. The average molecular weight is 344 g/mol. The Morgan fingerprint density at radius 1 is 1.27 bits per heavy atom. The Morgan fingerprint density at radius 2 is 2.00 bits per heavy atom. The smallest absolute Gasteiger partial charge is 0.114 e. The largest absolute Gasteiger partial charge is 0.296 e. The van der Waals surface area contributed by atoms with Crippen LogP contribution < -0.4 is 0 Å². The van der Waals surface area contributed by atoms with Crippen LogP contribution in [-0.4, -0.2) is 16.1 Å². The second-order valence-corrected chi connectivity index (χ2v) is 6.26. The van der Waals surface area contributed by atoms with Crippen LogP contribution in [0, 0.1) is 25.2 Å². The van der Waals surface area contributed by atoms with Gasteiger partial charge in [-0.25, -0.2) is 4.98 Å². The summed E-state index contributed by atoms with van der Waals surface area (Å²) in [4.78, 5) is 7.58. The minimum Gasteiger partial charge on any atom is -0.296 e. The van der Waals surface area contributed by atoms with E-state index in [0.29, 0.717) is 12.1 Å². The summed E-state index contributed by atoms with van der Waals surface area (Å²) in [5.74, 6) is 0.972. The summed E-state index contributed by atoms with van der Waals surface area (Å²) >= 11 is 0. The maximum absolute atomic E-state index is 9.41. The third-order valence-electron chi connectivity index (χ3n) is 4.65. The van der Waals surface area contributed by atoms with Gasteiger partial charge in [0, 0.05) is 23.6 Å². The Balaban J connectivity index is 2.12. The van der Waals surface area contributed by atoms with E-state index in [0.717, 1.165) is 52.1 Å². The molecule has 6 nitrogen and oxygen atoms in total. The lowest BCUT2D eigenvalue weighted by Crippen LogP contribution is -2.01. The van der Waals surface area contributed by atoms with Gasteiger partial charge in [0.1, 0.15) is 5.82 Å². The molecule has 6 heteroatoms. The SMILES string of the molecule is CCc1nc2c(C)c(C#N)c(C)cc2n1-c1ccc(CCN=[N+]=[N-])cc1. The van der Waals surface area contributed by atoms with Crippen molar-refractivity contribution in [3.63, 3.8) is 0 Å². The van der Waals surface area contributed by atoms with Crippen LogP contribution in [0.25, 0.3) is 27.2 Å². The van der Waals surface area contributed by atoms with Crippen molar-refractivity contribution in [1.29, 1.82) is 5.26 Å². The lowest BCUT2D eigenvalue weighted by Gasteiger charge is -2.10. The van der Waals surface area contributed by atoms with Crippen molar-refractivity contribution >= 4 is 11.0 Å². The van der Waals surface area contributed by atoms with E-state index >= 15 is 0 Å². The maximum atomic E-state index is 9.41. The highest BCUT2D eigenvalue weighted by atomic mass is 15.1. The summed E-state index contributed by atoms with van der Waals surface area (Å²) in [7, 11) is 0. The van der Waals surface area contributed by atoms with Gasteiger partial charge in [0.25, 0.3) is 0 Å². The molecule has 3 rings (SSSR count). The Bertz CT molecular complexity index is 1050. The highest BCUT2D eigenvalue weighted by Gasteiger charge is 2.16. The lowest BCUT2D eigenvalue weighted by molar-refractivity contribution is 0.904. The van der Waals surface area contributed by atoms with E-state index in [9.17, 15) is 5.26 Å². The monoisotopic (exact) mass is 344 g/mol. The first-order valence-electron chi connectivity index (χ1n) is 8.62. The Morgan fingerprint density at radius 3 is 2.62 bits per heavy atom. The molecule has 0 saturated carbocycles. The zero-order valence-electron chi connectivity index (χ0n) is 15.2. The molecule has 0 bridgehead atoms. The van der Waals surface area contributed by atoms with Gasteiger partial charge in [0.2, 0.25) is 0 Å². The summed E-state index contributed by atoms with van der Waals surface area (Å²) in [6.07, 6.45) is 1.52. The van der Waals surface area contributed by atoms with E-state index in [-0.39, 0.29) is 0 Å². The molecule has 0 aliphatic rings. The lowest BCUT2D eigenvalue weighted by atomic mass is 10.0. The van der Waals surface area contributed by atoms with Gasteiger partial charge in [0.05, 0.1) is 22.7 Å². The number of rotatable bonds is 5. The number of benzene rings is 2. The van der Waals surface area contributed by atoms with Gasteiger partial charge in [-0.15, -0.1) is 0 Å². The number of imidazole rings is 1. The van der Waals surface area contributed by atoms with Gasteiger partial charge in [-0.3, -0.25) is 4.57 Å². The highest BCUT2D eigenvalue weighted by Crippen LogP contribution is 2.28. The second kappa shape index (κ2) is 7.30. The first-order valence-corrected chi connectivity index (χ1v) is 8.62. The molecule has 1 heterocycles. The summed E-state index contributed by atoms with van der Waals surface area (Å²) in [6, 6.07) is 12.6. The second-order valence-electron chi connectivity index (χ2n) is 6.26. The molecule has 1 aromatic heterocycles. The van der Waals surface area contributed by atoms with Crippen molar-refractivity contribution in [3.8, 4) is 11.8 Å². The maximum Gasteiger partial charge on any atom is 0.114 e. The number of nitriles is 1. The molecule has 0 aliphatic carbocycles. The van der Waals surface area contributed by atoms with Gasteiger partial charge in [-0.1, -0.05) is 24.2 Å². The Labute approximate surface area is 152 Å². The molecular weight excluding hydrogens is 324 g/mol. The number of azide groups is 1. The molecule has 0 spiro atoms. The predicted molar refractivity (Wildman–Crippen MR) is 102 cm³/mol. The van der Waals surface area contributed by atoms with Crippen LogP contribution in [0.3, 0.4) is 0 Å². The molecule has 0 fully saturated rings. The van der Waals surface area contributed by atoms with Crippen LogP contribution in [0.1, 0.15) is 35.0 Å². The van der Waals surface area contributed by atoms with Crippen LogP contribution in [0.5, 0.6) is 0 Å². The number of aryl methyl sites for hydroxylation is 3. The van der Waals surface area contributed by atoms with Crippen LogP contribution in [-0.2, 0) is 12.8 Å². The molecule has 0 N–H and O–H groups in total. The summed E-state index contributed by atoms with van der Waals surface area (Å²) < 4.78 is 2.16. The number of hydrogen-bond donors (Lipinski definition) is 0. The standard InChI is InChI=1S/C20H20N6/c1-4-19-24-20-14(3)17(12-21)13(2)11-18(20)26(19)16-7-5-15(6-8-16)9-10-23-25-22/h5-8,11H,4,9-10H2,1-3H3. The zero-order valence-corrected chi connectivity index (χ0v) is 15.2. The van der Waals surface area contributed by atoms with Crippen molar-refractivity contribution in [2.45, 2.75) is 33.6 Å². The average Bonchev–Trinajstić information content (AvgIpc) is 3.01. The molecule has 26 heavy (non-hydrogen) atoms. The number of nitrogens with zero attached hydrogens (tertiary/aromatic N) is 6. The third-order valence-corrected chi connectivity index (χ3v) is 4.65. The van der Waals surface area contributed by atoms with E-state index in [2.05, 4.69) is 51.9 Å². The molecule has 0 amide bonds. The van der Waals surface area contributed by atoms with E-state index < -0.39 is 0 Å². The van der Waals surface area contributed by atoms with Crippen LogP contribution in [0.4, 0.5) is 0 Å². The fourth-order valence-corrected chi connectivity index (χ4v) is 3.31. The Hall–Kier alpha value is -3.29. The number of fused-ring (bicyclic) bond motifs is 1. The van der Waals surface area contributed by atoms with E-state index in [1.54, 1.807) is 0 Å². The number of hydrogen-bond acceptors (Lipinski definition) is 3. The summed E-state index contributed by atoms with van der Waals surface area (Å²) in [5.41, 5.74) is 15.1. The molecule has 3 aromatic rings. The summed E-state index contributed by atoms with van der Waals surface area (Å²) in [5, 5.41) is 13.0. The topological polar surface area (TPSA) is 90.4 Å². The van der Waals surface area contributed by atoms with Gasteiger partial charge in [0.15, 0.2) is 0 Å². The van der Waals surface area contributed by atoms with Gasteiger partial charge in [-0.2, -0.15) is 5.26 Å². The van der Waals surface area contributed by atoms with E-state index in [1.165, 1.54) is 0 Å². The van der Waals surface area contributed by atoms with Crippen molar-refractivity contribution < 1.29 is 0 Å². The summed E-state index contributed by atoms with van der Waals surface area (Å²) in [6.45, 7) is 6.47. The van der Waals surface area contributed by atoms with Crippen molar-refractivity contribution in [3.05, 3.63) is 68.9 Å². The van der Waals surface area contributed by atoms with Crippen molar-refractivity contribution in [2.24, 2.45) is 5.11 Å². The minimum atomic E-state index is 0.458. The molecule has 0 saturated heterocycles. The van der Waals surface area contributed by atoms with Gasteiger partial charge < -0.3 is 0 Å². The van der Waals surface area contributed by atoms with E-state index in [4.69, 9.17) is 10.5 Å². The molecule has 2 aromatic carbocycles. The molecule has 0 atom stereocenters. The normalized spacial score (nSPS) is 10.5. The fourth-order valence-electron chi connectivity index (χ4n) is 3.31.